The number of hydrogen-bond acceptors (Lipinski definition) is 3. The Bertz CT molecular complexity index is 386. The Morgan fingerprint density at radius 3 is 2.29 bits per heavy atom. The SMILES string of the molecule is CSc1cc(C(=O)O)ccc1C(=O)O. The van der Waals surface area contributed by atoms with Crippen molar-refractivity contribution >= 4 is 23.7 Å². The van der Waals surface area contributed by atoms with Crippen LogP contribution in [0, 0.1) is 0 Å². The molecule has 0 amide bonds. The van der Waals surface area contributed by atoms with E-state index in [4.69, 9.17) is 10.2 Å². The van der Waals surface area contributed by atoms with Crippen LogP contribution in [0.25, 0.3) is 0 Å². The van der Waals surface area contributed by atoms with Crippen molar-refractivity contribution in [2.75, 3.05) is 6.26 Å². The minimum Gasteiger partial charge on any atom is -0.478 e. The Morgan fingerprint density at radius 1 is 1.21 bits per heavy atom. The number of carboxylic acid groups (broad SMARTS) is 2. The highest BCUT2D eigenvalue weighted by Crippen LogP contribution is 2.21. The van der Waals surface area contributed by atoms with Gasteiger partial charge in [-0.15, -0.1) is 11.8 Å². The van der Waals surface area contributed by atoms with Gasteiger partial charge in [-0.25, -0.2) is 9.59 Å². The van der Waals surface area contributed by atoms with Gasteiger partial charge in [-0.1, -0.05) is 0 Å². The molecule has 0 bridgehead atoms. The van der Waals surface area contributed by atoms with Crippen LogP contribution in [0.15, 0.2) is 23.1 Å². The third-order valence-electron chi connectivity index (χ3n) is 1.68. The van der Waals surface area contributed by atoms with Crippen molar-refractivity contribution < 1.29 is 19.8 Å². The van der Waals surface area contributed by atoms with Crippen LogP contribution in [0.5, 0.6) is 0 Å². The van der Waals surface area contributed by atoms with E-state index in [9.17, 15) is 9.59 Å². The van der Waals surface area contributed by atoms with Crippen LogP contribution in [0.3, 0.4) is 0 Å². The van der Waals surface area contributed by atoms with Crippen molar-refractivity contribution in [3.05, 3.63) is 29.3 Å². The fourth-order valence-corrected chi connectivity index (χ4v) is 1.62. The highest BCUT2D eigenvalue weighted by atomic mass is 32.2. The summed E-state index contributed by atoms with van der Waals surface area (Å²) in [6.45, 7) is 0. The van der Waals surface area contributed by atoms with Crippen LogP contribution in [0.1, 0.15) is 20.7 Å². The first-order valence-electron chi connectivity index (χ1n) is 3.71. The van der Waals surface area contributed by atoms with Gasteiger partial charge >= 0.3 is 11.9 Å². The number of thioether (sulfide) groups is 1. The fourth-order valence-electron chi connectivity index (χ4n) is 1.00. The molecule has 0 aliphatic rings. The number of carboxylic acids is 2. The molecule has 0 heterocycles. The molecule has 0 saturated carbocycles. The van der Waals surface area contributed by atoms with Gasteiger partial charge in [0, 0.05) is 4.90 Å². The number of benzene rings is 1. The Labute approximate surface area is 84.6 Å². The number of aromatic carboxylic acids is 2. The van der Waals surface area contributed by atoms with Crippen LogP contribution >= 0.6 is 11.8 Å². The molecule has 0 aliphatic heterocycles. The number of carbonyl (C=O) groups is 2. The largest absolute Gasteiger partial charge is 0.478 e. The lowest BCUT2D eigenvalue weighted by Gasteiger charge is -2.03. The minimum absolute atomic E-state index is 0.0966. The molecule has 0 fully saturated rings. The molecular formula is C9H8O4S. The predicted octanol–water partition coefficient (Wildman–Crippen LogP) is 1.80. The molecule has 0 aliphatic carbocycles. The molecule has 0 radical (unpaired) electrons. The fraction of sp³-hybridized carbons (Fsp3) is 0.111. The Kier molecular flexibility index (Phi) is 3.14. The minimum atomic E-state index is -1.06. The predicted molar refractivity (Wildman–Crippen MR) is 52.1 cm³/mol. The summed E-state index contributed by atoms with van der Waals surface area (Å²) in [4.78, 5) is 21.8. The van der Waals surface area contributed by atoms with Crippen molar-refractivity contribution in [2.45, 2.75) is 4.90 Å². The quantitative estimate of drug-likeness (QED) is 0.747. The lowest BCUT2D eigenvalue weighted by Crippen LogP contribution is -2.02. The van der Waals surface area contributed by atoms with Crippen LogP contribution in [0.2, 0.25) is 0 Å². The first kappa shape index (κ1) is 10.6. The number of hydrogen-bond donors (Lipinski definition) is 2. The molecule has 1 rings (SSSR count). The van der Waals surface area contributed by atoms with E-state index >= 15 is 0 Å². The second-order valence-electron chi connectivity index (χ2n) is 2.53. The van der Waals surface area contributed by atoms with Gasteiger partial charge in [0.1, 0.15) is 0 Å². The standard InChI is InChI=1S/C9H8O4S/c1-14-7-4-5(8(10)11)2-3-6(7)9(12)13/h2-4H,1H3,(H,10,11)(H,12,13). The zero-order chi connectivity index (χ0) is 10.7. The second kappa shape index (κ2) is 4.15. The molecule has 0 spiro atoms. The van der Waals surface area contributed by atoms with E-state index in [1.807, 2.05) is 0 Å². The van der Waals surface area contributed by atoms with Crippen molar-refractivity contribution in [1.29, 1.82) is 0 Å². The van der Waals surface area contributed by atoms with Crippen LogP contribution in [0.4, 0.5) is 0 Å². The van der Waals surface area contributed by atoms with Gasteiger partial charge in [0.25, 0.3) is 0 Å². The second-order valence-corrected chi connectivity index (χ2v) is 3.37. The summed E-state index contributed by atoms with van der Waals surface area (Å²) in [5.41, 5.74) is 0.224. The van der Waals surface area contributed by atoms with E-state index in [0.29, 0.717) is 4.90 Å². The first-order valence-corrected chi connectivity index (χ1v) is 4.93. The Morgan fingerprint density at radius 2 is 1.86 bits per heavy atom. The molecule has 1 aromatic rings. The highest BCUT2D eigenvalue weighted by molar-refractivity contribution is 7.98. The van der Waals surface area contributed by atoms with E-state index < -0.39 is 11.9 Å². The van der Waals surface area contributed by atoms with Gasteiger partial charge < -0.3 is 10.2 Å². The molecule has 14 heavy (non-hydrogen) atoms. The maximum absolute atomic E-state index is 10.7. The van der Waals surface area contributed by atoms with E-state index in [2.05, 4.69) is 0 Å². The summed E-state index contributed by atoms with van der Waals surface area (Å²) in [5, 5.41) is 17.4. The van der Waals surface area contributed by atoms with E-state index in [1.54, 1.807) is 6.26 Å². The molecule has 0 atom stereocenters. The van der Waals surface area contributed by atoms with E-state index in [-0.39, 0.29) is 11.1 Å². The molecule has 2 N–H and O–H groups in total. The average Bonchev–Trinajstić information content (AvgIpc) is 2.16. The molecule has 0 unspecified atom stereocenters. The summed E-state index contributed by atoms with van der Waals surface area (Å²) < 4.78 is 0. The summed E-state index contributed by atoms with van der Waals surface area (Å²) in [5.74, 6) is -2.11. The van der Waals surface area contributed by atoms with Crippen LogP contribution in [-0.4, -0.2) is 28.4 Å². The van der Waals surface area contributed by atoms with Crippen LogP contribution < -0.4 is 0 Å². The Balaban J connectivity index is 3.25. The monoisotopic (exact) mass is 212 g/mol. The highest BCUT2D eigenvalue weighted by Gasteiger charge is 2.12. The molecule has 1 aromatic carbocycles. The molecule has 5 heteroatoms. The lowest BCUT2D eigenvalue weighted by atomic mass is 10.1. The number of rotatable bonds is 3. The van der Waals surface area contributed by atoms with Gasteiger partial charge in [0.2, 0.25) is 0 Å². The summed E-state index contributed by atoms with van der Waals surface area (Å²) in [7, 11) is 0. The normalized spacial score (nSPS) is 9.79. The van der Waals surface area contributed by atoms with E-state index in [1.165, 1.54) is 30.0 Å². The van der Waals surface area contributed by atoms with Gasteiger partial charge in [0.15, 0.2) is 0 Å². The van der Waals surface area contributed by atoms with E-state index in [0.717, 1.165) is 0 Å². The third kappa shape index (κ3) is 2.05. The molecule has 74 valence electrons. The molecular weight excluding hydrogens is 204 g/mol. The summed E-state index contributed by atoms with van der Waals surface area (Å²) in [6, 6.07) is 3.94. The molecule has 0 aromatic heterocycles. The third-order valence-corrected chi connectivity index (χ3v) is 2.46. The van der Waals surface area contributed by atoms with Crippen LogP contribution in [-0.2, 0) is 0 Å². The molecule has 4 nitrogen and oxygen atoms in total. The Hall–Kier alpha value is -1.49. The van der Waals surface area contributed by atoms with Crippen molar-refractivity contribution in [3.63, 3.8) is 0 Å². The smallest absolute Gasteiger partial charge is 0.336 e. The van der Waals surface area contributed by atoms with Crippen molar-refractivity contribution in [2.24, 2.45) is 0 Å². The maximum Gasteiger partial charge on any atom is 0.336 e. The van der Waals surface area contributed by atoms with Gasteiger partial charge in [-0.2, -0.15) is 0 Å². The maximum atomic E-state index is 10.7. The molecule has 0 saturated heterocycles. The van der Waals surface area contributed by atoms with Crippen molar-refractivity contribution in [1.82, 2.24) is 0 Å². The van der Waals surface area contributed by atoms with Gasteiger partial charge in [-0.05, 0) is 24.5 Å². The van der Waals surface area contributed by atoms with Gasteiger partial charge in [0.05, 0.1) is 11.1 Å². The average molecular weight is 212 g/mol. The topological polar surface area (TPSA) is 74.6 Å². The lowest BCUT2D eigenvalue weighted by molar-refractivity contribution is 0.0678. The van der Waals surface area contributed by atoms with Gasteiger partial charge in [-0.3, -0.25) is 0 Å². The summed E-state index contributed by atoms with van der Waals surface area (Å²) in [6.07, 6.45) is 1.70. The zero-order valence-corrected chi connectivity index (χ0v) is 8.17. The first-order chi connectivity index (χ1) is 6.56. The van der Waals surface area contributed by atoms with Crippen molar-refractivity contribution in [3.8, 4) is 0 Å². The summed E-state index contributed by atoms with van der Waals surface area (Å²) >= 11 is 1.21. The zero-order valence-electron chi connectivity index (χ0n) is 7.35.